The van der Waals surface area contributed by atoms with E-state index in [0.717, 1.165) is 0 Å². The van der Waals surface area contributed by atoms with Crippen molar-refractivity contribution in [2.24, 2.45) is 7.05 Å². The highest BCUT2D eigenvalue weighted by atomic mass is 16.6. The minimum Gasteiger partial charge on any atom is -0.388 e. The highest BCUT2D eigenvalue weighted by Crippen LogP contribution is 2.51. The van der Waals surface area contributed by atoms with Crippen LogP contribution in [-0.4, -0.2) is 80.7 Å². The van der Waals surface area contributed by atoms with Gasteiger partial charge in [-0.25, -0.2) is 4.98 Å². The molecule has 1 aromatic heterocycles. The summed E-state index contributed by atoms with van der Waals surface area (Å²) in [4.78, 5) is 18.7. The minimum absolute atomic E-state index is 0.0513. The van der Waals surface area contributed by atoms with Crippen molar-refractivity contribution in [3.63, 3.8) is 0 Å². The summed E-state index contributed by atoms with van der Waals surface area (Å²) in [6, 6.07) is 10.2. The molecule has 180 valence electrons. The van der Waals surface area contributed by atoms with Gasteiger partial charge in [0.2, 0.25) is 0 Å². The Balaban J connectivity index is 1.61. The first-order valence-corrected chi connectivity index (χ1v) is 11.7. The first kappa shape index (κ1) is 23.9. The van der Waals surface area contributed by atoms with Crippen molar-refractivity contribution in [3.05, 3.63) is 54.1 Å². The number of nitrogens with zero attached hydrogens (tertiary/aromatic N) is 3. The molecule has 0 saturated carbocycles. The number of benzene rings is 1. The van der Waals surface area contributed by atoms with Crippen LogP contribution in [0.2, 0.25) is 0 Å². The van der Waals surface area contributed by atoms with Gasteiger partial charge < -0.3 is 29.7 Å². The van der Waals surface area contributed by atoms with Crippen LogP contribution >= 0.6 is 0 Å². The topological polar surface area (TPSA) is 99.9 Å². The first-order valence-electron chi connectivity index (χ1n) is 11.7. The van der Waals surface area contributed by atoms with Crippen LogP contribution in [0.5, 0.6) is 0 Å². The molecule has 0 spiro atoms. The molecular formula is C25H36N4O4. The molecule has 2 saturated heterocycles. The third kappa shape index (κ3) is 4.71. The fraction of sp³-hybridized carbons (Fsp3) is 0.600. The number of nitrogens with one attached hydrogen (secondary N) is 1. The minimum atomic E-state index is -0.927. The number of hydrogen-bond donors (Lipinski definition) is 3. The van der Waals surface area contributed by atoms with E-state index in [2.05, 4.69) is 22.4 Å². The predicted molar refractivity (Wildman–Crippen MR) is 125 cm³/mol. The maximum atomic E-state index is 12.5. The van der Waals surface area contributed by atoms with Gasteiger partial charge in [0.15, 0.2) is 0 Å². The van der Waals surface area contributed by atoms with E-state index >= 15 is 0 Å². The molecule has 8 heteroatoms. The number of fused-ring (bicyclic) bond motifs is 2. The summed E-state index contributed by atoms with van der Waals surface area (Å²) in [7, 11) is 5.74. The fourth-order valence-electron chi connectivity index (χ4n) is 5.69. The molecule has 2 aromatic rings. The summed E-state index contributed by atoms with van der Waals surface area (Å²) in [5.74, 6) is -0.203. The maximum Gasteiger partial charge on any atom is 0.271 e. The van der Waals surface area contributed by atoms with Gasteiger partial charge >= 0.3 is 0 Å². The number of likely N-dealkylation sites (N-methyl/N-ethyl adjacent to an activating group) is 1. The number of aryl methyl sites for hydroxylation is 1. The number of ether oxygens (including phenoxy) is 1. The summed E-state index contributed by atoms with van der Waals surface area (Å²) in [5.41, 5.74) is -0.216. The Morgan fingerprint density at radius 2 is 2.06 bits per heavy atom. The molecule has 3 heterocycles. The van der Waals surface area contributed by atoms with E-state index in [9.17, 15) is 15.0 Å². The number of amides is 1. The Labute approximate surface area is 195 Å². The second-order valence-corrected chi connectivity index (χ2v) is 10.2. The fourth-order valence-corrected chi connectivity index (χ4v) is 5.69. The Morgan fingerprint density at radius 1 is 1.33 bits per heavy atom. The smallest absolute Gasteiger partial charge is 0.271 e. The average Bonchev–Trinajstić information content (AvgIpc) is 3.20. The lowest BCUT2D eigenvalue weighted by molar-refractivity contribution is -0.250. The molecule has 33 heavy (non-hydrogen) atoms. The number of aliphatic hydroxyl groups excluding tert-OH is 2. The molecular weight excluding hydrogens is 420 g/mol. The predicted octanol–water partition coefficient (Wildman–Crippen LogP) is 1.69. The normalized spacial score (nSPS) is 32.9. The highest BCUT2D eigenvalue weighted by molar-refractivity contribution is 5.92. The first-order chi connectivity index (χ1) is 15.6. The van der Waals surface area contributed by atoms with Gasteiger partial charge in [-0.05, 0) is 58.2 Å². The van der Waals surface area contributed by atoms with Crippen LogP contribution in [0.3, 0.4) is 0 Å². The Hall–Kier alpha value is -2.26. The summed E-state index contributed by atoms with van der Waals surface area (Å²) in [6.07, 6.45) is 4.15. The molecule has 1 amide bonds. The van der Waals surface area contributed by atoms with Gasteiger partial charge in [-0.15, -0.1) is 0 Å². The van der Waals surface area contributed by atoms with Gasteiger partial charge in [0.25, 0.3) is 5.91 Å². The molecule has 1 aromatic carbocycles. The molecule has 2 aliphatic heterocycles. The Bertz CT molecular complexity index is 964. The molecule has 2 bridgehead atoms. The quantitative estimate of drug-likeness (QED) is 0.612. The van der Waals surface area contributed by atoms with Gasteiger partial charge in [-0.1, -0.05) is 30.3 Å². The number of aliphatic hydroxyl groups is 2. The average molecular weight is 457 g/mol. The zero-order valence-corrected chi connectivity index (χ0v) is 19.9. The summed E-state index contributed by atoms with van der Waals surface area (Å²) in [6.45, 7) is 2.01. The van der Waals surface area contributed by atoms with Gasteiger partial charge in [-0.2, -0.15) is 0 Å². The zero-order valence-electron chi connectivity index (χ0n) is 19.9. The molecule has 0 aliphatic carbocycles. The van der Waals surface area contributed by atoms with E-state index in [4.69, 9.17) is 4.74 Å². The van der Waals surface area contributed by atoms with Gasteiger partial charge in [0.05, 0.1) is 23.6 Å². The number of hydrogen-bond acceptors (Lipinski definition) is 6. The van der Waals surface area contributed by atoms with Crippen LogP contribution in [0.1, 0.15) is 54.6 Å². The van der Waals surface area contributed by atoms with E-state index in [-0.39, 0.29) is 24.4 Å². The third-order valence-electron chi connectivity index (χ3n) is 7.47. The van der Waals surface area contributed by atoms with Gasteiger partial charge in [0, 0.05) is 25.8 Å². The standard InChI is InChI=1S/C25H36N4O4/c1-24-12-18(17-8-6-5-7-9-17)13-25(33-24,11-10-20(22(24)31)28(2)3)21(30)14-26-23(32)19-15-29(4)16-27-19/h5-9,15-16,18,20-22,30-31H,10-14H2,1-4H3,(H,26,32)/t18-,20-,21?,22+,24+,25+/m1/s1. The van der Waals surface area contributed by atoms with Gasteiger partial charge in [-0.3, -0.25) is 4.79 Å². The van der Waals surface area contributed by atoms with Crippen LogP contribution in [0.15, 0.2) is 42.9 Å². The second-order valence-electron chi connectivity index (χ2n) is 10.2. The molecule has 6 atom stereocenters. The molecule has 2 aliphatic rings. The second kappa shape index (κ2) is 9.18. The Morgan fingerprint density at radius 3 is 2.70 bits per heavy atom. The van der Waals surface area contributed by atoms with Crippen LogP contribution in [0, 0.1) is 0 Å². The SMILES string of the molecule is CN(C)[C@@H]1CC[C@@]2(C(O)CNC(=O)c3cn(C)cn3)C[C@H](c3ccccc3)C[C@](C)(O2)[C@H]1O. The van der Waals surface area contributed by atoms with E-state index in [1.807, 2.05) is 44.1 Å². The molecule has 1 unspecified atom stereocenters. The number of carbonyl (C=O) groups is 1. The van der Waals surface area contributed by atoms with Crippen LogP contribution < -0.4 is 5.32 Å². The zero-order chi connectivity index (χ0) is 23.8. The molecule has 2 fully saturated rings. The lowest BCUT2D eigenvalue weighted by Crippen LogP contribution is -2.61. The van der Waals surface area contributed by atoms with Crippen LogP contribution in [0.25, 0.3) is 0 Å². The number of aromatic nitrogens is 2. The lowest BCUT2D eigenvalue weighted by Gasteiger charge is -2.52. The van der Waals surface area contributed by atoms with Crippen LogP contribution in [-0.2, 0) is 11.8 Å². The van der Waals surface area contributed by atoms with E-state index in [1.54, 1.807) is 24.1 Å². The third-order valence-corrected chi connectivity index (χ3v) is 7.47. The van der Waals surface area contributed by atoms with E-state index in [0.29, 0.717) is 31.4 Å². The maximum absolute atomic E-state index is 12.5. The highest BCUT2D eigenvalue weighted by Gasteiger charge is 2.57. The summed E-state index contributed by atoms with van der Waals surface area (Å²) < 4.78 is 8.38. The van der Waals surface area contributed by atoms with Crippen LogP contribution in [0.4, 0.5) is 0 Å². The summed E-state index contributed by atoms with van der Waals surface area (Å²) in [5, 5.41) is 25.6. The van der Waals surface area contributed by atoms with Crippen molar-refractivity contribution in [2.45, 2.75) is 68.0 Å². The molecule has 8 nitrogen and oxygen atoms in total. The van der Waals surface area contributed by atoms with Crippen molar-refractivity contribution < 1.29 is 19.7 Å². The number of carbonyl (C=O) groups excluding carboxylic acids is 1. The van der Waals surface area contributed by atoms with Crippen molar-refractivity contribution in [3.8, 4) is 0 Å². The number of imidazole rings is 1. The monoisotopic (exact) mass is 456 g/mol. The molecule has 4 rings (SSSR count). The van der Waals surface area contributed by atoms with E-state index < -0.39 is 23.4 Å². The Kier molecular flexibility index (Phi) is 6.64. The molecule has 3 N–H and O–H groups in total. The lowest BCUT2D eigenvalue weighted by atomic mass is 9.72. The largest absolute Gasteiger partial charge is 0.388 e. The molecule has 0 radical (unpaired) electrons. The van der Waals surface area contributed by atoms with Crippen molar-refractivity contribution in [2.75, 3.05) is 20.6 Å². The van der Waals surface area contributed by atoms with Gasteiger partial charge in [0.1, 0.15) is 11.8 Å². The number of rotatable bonds is 6. The summed E-state index contributed by atoms with van der Waals surface area (Å²) >= 11 is 0. The van der Waals surface area contributed by atoms with Crippen molar-refractivity contribution in [1.82, 2.24) is 19.8 Å². The van der Waals surface area contributed by atoms with E-state index in [1.165, 1.54) is 5.56 Å². The van der Waals surface area contributed by atoms with Crippen molar-refractivity contribution in [1.29, 1.82) is 0 Å². The van der Waals surface area contributed by atoms with Crippen molar-refractivity contribution >= 4 is 5.91 Å².